The van der Waals surface area contributed by atoms with Crippen molar-refractivity contribution in [2.24, 2.45) is 11.8 Å². The molecule has 1 aromatic heterocycles. The molecule has 166 valence electrons. The fourth-order valence-electron chi connectivity index (χ4n) is 4.53. The maximum absolute atomic E-state index is 12.4. The molecule has 4 heterocycles. The Hall–Kier alpha value is -2.11. The first-order chi connectivity index (χ1) is 14.8. The first kappa shape index (κ1) is 20.8. The van der Waals surface area contributed by atoms with Crippen molar-refractivity contribution in [3.63, 3.8) is 0 Å². The third-order valence-corrected chi connectivity index (χ3v) is 8.71. The van der Waals surface area contributed by atoms with Crippen LogP contribution < -0.4 is 10.2 Å². The Bertz CT molecular complexity index is 982. The Balaban J connectivity index is 1.23. The second-order valence-corrected chi connectivity index (χ2v) is 10.9. The van der Waals surface area contributed by atoms with Gasteiger partial charge in [-0.25, -0.2) is 9.78 Å². The molecule has 2 amide bonds. The number of aliphatic hydroxyl groups excluding tert-OH is 1. The molecule has 4 aliphatic rings. The Morgan fingerprint density at radius 2 is 2.06 bits per heavy atom. The normalized spacial score (nSPS) is 28.9. The molecule has 2 saturated heterocycles. The SMILES string of the molecule is C[C@@H](O)[C@H]1C(=O)N2C(C(=O)O)=C(SC3CN(c4nc(C(=O)NC5CC5)cs4)C3)[C@H](C)[C@H]12. The molecule has 3 N–H and O–H groups in total. The Labute approximate surface area is 187 Å². The molecule has 0 unspecified atom stereocenters. The number of hydrogen-bond donors (Lipinski definition) is 3. The molecular formula is C20H24N4O5S2. The maximum Gasteiger partial charge on any atom is 0.353 e. The average Bonchev–Trinajstić information content (AvgIpc) is 3.27. The Morgan fingerprint density at radius 3 is 2.68 bits per heavy atom. The third kappa shape index (κ3) is 3.42. The number of thiazole rings is 1. The van der Waals surface area contributed by atoms with Crippen LogP contribution in [0, 0.1) is 11.8 Å². The molecule has 0 radical (unpaired) electrons. The zero-order chi connectivity index (χ0) is 22.0. The molecule has 11 heteroatoms. The van der Waals surface area contributed by atoms with Crippen LogP contribution in [0.5, 0.6) is 0 Å². The molecule has 0 aromatic carbocycles. The summed E-state index contributed by atoms with van der Waals surface area (Å²) in [5.74, 6) is -2.21. The molecule has 1 aromatic rings. The first-order valence-corrected chi connectivity index (χ1v) is 12.2. The highest BCUT2D eigenvalue weighted by atomic mass is 32.2. The molecule has 0 bridgehead atoms. The van der Waals surface area contributed by atoms with Gasteiger partial charge < -0.3 is 25.3 Å². The van der Waals surface area contributed by atoms with E-state index in [1.807, 2.05) is 6.92 Å². The number of carbonyl (C=O) groups is 3. The second kappa shape index (κ2) is 7.49. The highest BCUT2D eigenvalue weighted by molar-refractivity contribution is 8.03. The zero-order valence-electron chi connectivity index (χ0n) is 17.1. The fourth-order valence-corrected chi connectivity index (χ4v) is 6.87. The van der Waals surface area contributed by atoms with E-state index in [-0.39, 0.29) is 34.7 Å². The number of carboxylic acid groups (broad SMARTS) is 1. The lowest BCUT2D eigenvalue weighted by Crippen LogP contribution is -2.63. The summed E-state index contributed by atoms with van der Waals surface area (Å²) in [6, 6.07) is 0.00246. The molecule has 9 nitrogen and oxygen atoms in total. The number of rotatable bonds is 7. The van der Waals surface area contributed by atoms with E-state index in [2.05, 4.69) is 15.2 Å². The zero-order valence-corrected chi connectivity index (χ0v) is 18.8. The molecule has 4 atom stereocenters. The topological polar surface area (TPSA) is 123 Å². The molecule has 3 fully saturated rings. The van der Waals surface area contributed by atoms with Crippen LogP contribution in [0.15, 0.2) is 16.0 Å². The van der Waals surface area contributed by atoms with Gasteiger partial charge >= 0.3 is 5.97 Å². The van der Waals surface area contributed by atoms with Crippen LogP contribution in [0.3, 0.4) is 0 Å². The minimum atomic E-state index is -1.10. The summed E-state index contributed by atoms with van der Waals surface area (Å²) >= 11 is 2.94. The largest absolute Gasteiger partial charge is 0.477 e. The predicted molar refractivity (Wildman–Crippen MR) is 116 cm³/mol. The number of amides is 2. The van der Waals surface area contributed by atoms with Crippen molar-refractivity contribution < 1.29 is 24.6 Å². The highest BCUT2D eigenvalue weighted by Crippen LogP contribution is 2.52. The summed E-state index contributed by atoms with van der Waals surface area (Å²) in [7, 11) is 0. The molecule has 0 spiro atoms. The van der Waals surface area contributed by atoms with Gasteiger partial charge in [0.15, 0.2) is 5.13 Å². The molecule has 1 saturated carbocycles. The Kier molecular flexibility index (Phi) is 5.02. The van der Waals surface area contributed by atoms with E-state index in [1.165, 1.54) is 28.0 Å². The maximum atomic E-state index is 12.4. The standard InChI is InChI=1S/C20H24N4O5S2/c1-8-14-13(9(2)25)18(27)24(14)15(19(28)29)16(8)31-11-5-23(6-11)20-22-12(7-30-20)17(26)21-10-3-4-10/h7-11,13-14,25H,3-6H2,1-2H3,(H,21,26)(H,28,29)/t8-,9-,13-,14-/m1/s1. The number of hydrogen-bond acceptors (Lipinski definition) is 8. The quantitative estimate of drug-likeness (QED) is 0.513. The summed E-state index contributed by atoms with van der Waals surface area (Å²) < 4.78 is 0. The number of aliphatic hydroxyl groups is 1. The van der Waals surface area contributed by atoms with Gasteiger partial charge in [0, 0.05) is 40.6 Å². The molecule has 31 heavy (non-hydrogen) atoms. The van der Waals surface area contributed by atoms with Crippen molar-refractivity contribution in [3.8, 4) is 0 Å². The second-order valence-electron chi connectivity index (χ2n) is 8.68. The van der Waals surface area contributed by atoms with Crippen LogP contribution in [0.25, 0.3) is 0 Å². The van der Waals surface area contributed by atoms with Gasteiger partial charge in [-0.05, 0) is 19.8 Å². The predicted octanol–water partition coefficient (Wildman–Crippen LogP) is 1.11. The number of aromatic nitrogens is 1. The van der Waals surface area contributed by atoms with Gasteiger partial charge in [-0.15, -0.1) is 23.1 Å². The van der Waals surface area contributed by atoms with Crippen molar-refractivity contribution in [1.29, 1.82) is 0 Å². The lowest BCUT2D eigenvalue weighted by molar-refractivity contribution is -0.163. The van der Waals surface area contributed by atoms with Gasteiger partial charge in [-0.1, -0.05) is 6.92 Å². The van der Waals surface area contributed by atoms with Crippen LogP contribution >= 0.6 is 23.1 Å². The smallest absolute Gasteiger partial charge is 0.353 e. The molecule has 3 aliphatic heterocycles. The highest BCUT2D eigenvalue weighted by Gasteiger charge is 2.60. The summed E-state index contributed by atoms with van der Waals surface area (Å²) in [5, 5.41) is 25.4. The number of fused-ring (bicyclic) bond motifs is 1. The van der Waals surface area contributed by atoms with E-state index in [1.54, 1.807) is 12.3 Å². The van der Waals surface area contributed by atoms with Gasteiger partial charge in [0.2, 0.25) is 5.91 Å². The lowest BCUT2D eigenvalue weighted by atomic mass is 9.79. The van der Waals surface area contributed by atoms with Crippen LogP contribution in [0.2, 0.25) is 0 Å². The fraction of sp³-hybridized carbons (Fsp3) is 0.600. The van der Waals surface area contributed by atoms with Gasteiger partial charge in [0.25, 0.3) is 5.91 Å². The van der Waals surface area contributed by atoms with E-state index < -0.39 is 18.0 Å². The van der Waals surface area contributed by atoms with E-state index in [9.17, 15) is 24.6 Å². The van der Waals surface area contributed by atoms with Crippen molar-refractivity contribution in [3.05, 3.63) is 21.7 Å². The molecule has 1 aliphatic carbocycles. The van der Waals surface area contributed by atoms with Crippen LogP contribution in [0.1, 0.15) is 37.2 Å². The minimum absolute atomic E-state index is 0.0659. The van der Waals surface area contributed by atoms with Crippen LogP contribution in [-0.2, 0) is 9.59 Å². The number of β-lactam (4-membered cyclic amide) rings is 1. The van der Waals surface area contributed by atoms with E-state index in [0.29, 0.717) is 29.7 Å². The van der Waals surface area contributed by atoms with Gasteiger partial charge in [-0.2, -0.15) is 0 Å². The summed E-state index contributed by atoms with van der Waals surface area (Å²) in [5.41, 5.74) is 0.506. The van der Waals surface area contributed by atoms with Gasteiger partial charge in [0.05, 0.1) is 18.1 Å². The number of nitrogens with zero attached hydrogens (tertiary/aromatic N) is 3. The molecular weight excluding hydrogens is 440 g/mol. The van der Waals surface area contributed by atoms with Crippen molar-refractivity contribution in [1.82, 2.24) is 15.2 Å². The summed E-state index contributed by atoms with van der Waals surface area (Å²) in [6.07, 6.45) is 1.26. The Morgan fingerprint density at radius 1 is 1.35 bits per heavy atom. The number of thioether (sulfide) groups is 1. The number of carbonyl (C=O) groups excluding carboxylic acids is 2. The van der Waals surface area contributed by atoms with E-state index in [0.717, 1.165) is 18.0 Å². The number of carboxylic acids is 1. The first-order valence-electron chi connectivity index (χ1n) is 10.4. The van der Waals surface area contributed by atoms with E-state index in [4.69, 9.17) is 0 Å². The van der Waals surface area contributed by atoms with Gasteiger partial charge in [-0.3, -0.25) is 9.59 Å². The van der Waals surface area contributed by atoms with Crippen LogP contribution in [-0.4, -0.2) is 74.4 Å². The lowest BCUT2D eigenvalue weighted by Gasteiger charge is -2.46. The monoisotopic (exact) mass is 464 g/mol. The number of nitrogens with one attached hydrogen (secondary N) is 1. The van der Waals surface area contributed by atoms with E-state index >= 15 is 0 Å². The van der Waals surface area contributed by atoms with Crippen molar-refractivity contribution in [2.45, 2.75) is 50.1 Å². The van der Waals surface area contributed by atoms with Crippen molar-refractivity contribution in [2.75, 3.05) is 18.0 Å². The minimum Gasteiger partial charge on any atom is -0.477 e. The summed E-state index contributed by atoms with van der Waals surface area (Å²) in [6.45, 7) is 4.90. The summed E-state index contributed by atoms with van der Waals surface area (Å²) in [4.78, 5) is 45.1. The number of aliphatic carboxylic acids is 1. The van der Waals surface area contributed by atoms with Gasteiger partial charge in [0.1, 0.15) is 11.4 Å². The third-order valence-electron chi connectivity index (χ3n) is 6.36. The van der Waals surface area contributed by atoms with Crippen molar-refractivity contribution >= 4 is 46.0 Å². The van der Waals surface area contributed by atoms with Crippen LogP contribution in [0.4, 0.5) is 5.13 Å². The molecule has 5 rings (SSSR count). The average molecular weight is 465 g/mol. The number of anilines is 1.